The van der Waals surface area contributed by atoms with E-state index in [9.17, 15) is 0 Å². The van der Waals surface area contributed by atoms with E-state index in [1.807, 2.05) is 0 Å². The van der Waals surface area contributed by atoms with E-state index in [1.165, 1.54) is 0 Å². The summed E-state index contributed by atoms with van der Waals surface area (Å²) in [5, 5.41) is 16.9. The summed E-state index contributed by atoms with van der Waals surface area (Å²) in [5.74, 6) is 0. The van der Waals surface area contributed by atoms with Gasteiger partial charge in [0.1, 0.15) is 0 Å². The molecule has 6 nitrogen and oxygen atoms in total. The molecule has 0 N–H and O–H groups in total. The predicted octanol–water partition coefficient (Wildman–Crippen LogP) is -3.89. The van der Waals surface area contributed by atoms with Crippen LogP contribution in [0, 0.1) is 0 Å². The van der Waals surface area contributed by atoms with Crippen LogP contribution >= 0.6 is 0 Å². The normalized spacial score (nSPS) is 3.78. The molecule has 0 spiro atoms. The molecule has 0 aliphatic carbocycles. The standard InChI is InChI=1S/2BHO3.Ca/c2*2-1-4-3;/h2*3H;/q;;+2/p-2. The molecule has 0 aromatic rings. The van der Waals surface area contributed by atoms with E-state index in [0.29, 0.717) is 0 Å². The van der Waals surface area contributed by atoms with E-state index in [1.54, 1.807) is 0 Å². The van der Waals surface area contributed by atoms with Gasteiger partial charge in [-0.05, 0) is 0 Å². The first-order valence-electron chi connectivity index (χ1n) is 1.28. The van der Waals surface area contributed by atoms with E-state index in [0.717, 1.165) is 0 Å². The maximum absolute atomic E-state index is 8.64. The molecular formula is B2CaO6. The Balaban J connectivity index is -0.0000000720. The smallest absolute Gasteiger partial charge is 2.00 e. The molecule has 0 radical (unpaired) electrons. The summed E-state index contributed by atoms with van der Waals surface area (Å²) in [7, 11) is -0.361. The molecule has 0 atom stereocenters. The van der Waals surface area contributed by atoms with E-state index in [4.69, 9.17) is 19.9 Å². The van der Waals surface area contributed by atoms with Gasteiger partial charge in [-0.25, -0.2) is 0 Å². The Morgan fingerprint density at radius 3 is 1.11 bits per heavy atom. The van der Waals surface area contributed by atoms with E-state index >= 15 is 0 Å². The second-order valence-corrected chi connectivity index (χ2v) is 0.385. The molecule has 0 fully saturated rings. The maximum Gasteiger partial charge on any atom is 2.00 e. The van der Waals surface area contributed by atoms with Gasteiger partial charge in [0.2, 0.25) is 0 Å². The fourth-order valence-corrected chi connectivity index (χ4v) is 0. The average molecular weight is 158 g/mol. The monoisotopic (exact) mass is 158 g/mol. The molecule has 0 aliphatic rings. The van der Waals surface area contributed by atoms with Crippen molar-refractivity contribution < 1.29 is 29.5 Å². The van der Waals surface area contributed by atoms with Gasteiger partial charge in [-0.3, -0.25) is 0 Å². The minimum absolute atomic E-state index is 0. The average Bonchev–Trinajstić information content (AvgIpc) is 1.88. The van der Waals surface area contributed by atoms with Gasteiger partial charge in [0.25, 0.3) is 0 Å². The van der Waals surface area contributed by atoms with Crippen LogP contribution in [0.5, 0.6) is 0 Å². The van der Waals surface area contributed by atoms with Crippen LogP contribution in [0.25, 0.3) is 0 Å². The van der Waals surface area contributed by atoms with Crippen molar-refractivity contribution in [2.75, 3.05) is 0 Å². The van der Waals surface area contributed by atoms with Crippen molar-refractivity contribution in [1.29, 1.82) is 0 Å². The first-order chi connectivity index (χ1) is 3.83. The number of rotatable bonds is 2. The third kappa shape index (κ3) is 57.3. The third-order valence-electron chi connectivity index (χ3n) is 0.0786. The van der Waals surface area contributed by atoms with E-state index < -0.39 is 0 Å². The zero-order chi connectivity index (χ0) is 6.83. The van der Waals surface area contributed by atoms with Crippen LogP contribution in [-0.4, -0.2) is 52.4 Å². The summed E-state index contributed by atoms with van der Waals surface area (Å²) < 4.78 is 17.3. The van der Waals surface area contributed by atoms with Crippen molar-refractivity contribution in [3.05, 3.63) is 0 Å². The Labute approximate surface area is 81.6 Å². The van der Waals surface area contributed by atoms with Crippen molar-refractivity contribution in [2.24, 2.45) is 0 Å². The fourth-order valence-electron chi connectivity index (χ4n) is 0. The molecule has 0 rings (SSSR count). The largest absolute Gasteiger partial charge is 2.00 e. The molecule has 0 saturated heterocycles. The Morgan fingerprint density at radius 2 is 1.11 bits per heavy atom. The van der Waals surface area contributed by atoms with Crippen LogP contribution in [0.2, 0.25) is 0 Å². The Hall–Kier alpha value is 0.510. The zero-order valence-electron chi connectivity index (χ0n) is 4.31. The maximum atomic E-state index is 8.64. The fraction of sp³-hybridized carbons (Fsp3) is 0. The Kier molecular flexibility index (Phi) is 42.6. The molecule has 0 amide bonds. The van der Waals surface area contributed by atoms with Crippen LogP contribution in [0.4, 0.5) is 0 Å². The summed E-state index contributed by atoms with van der Waals surface area (Å²) in [5.41, 5.74) is 0. The number of hydrogen-bond donors (Lipinski definition) is 0. The van der Waals surface area contributed by atoms with Gasteiger partial charge < -0.3 is 0 Å². The molecular weight excluding hydrogens is 158 g/mol. The van der Waals surface area contributed by atoms with Gasteiger partial charge in [0.05, 0.1) is 0 Å². The molecule has 0 aromatic heterocycles. The first kappa shape index (κ1) is 16.3. The van der Waals surface area contributed by atoms with Crippen molar-refractivity contribution in [3.8, 4) is 0 Å². The van der Waals surface area contributed by atoms with Gasteiger partial charge in [0, 0.05) is 0 Å². The molecule has 0 aliphatic heterocycles. The van der Waals surface area contributed by atoms with Crippen molar-refractivity contribution in [1.82, 2.24) is 0 Å². The van der Waals surface area contributed by atoms with E-state index in [-0.39, 0.29) is 52.4 Å². The van der Waals surface area contributed by atoms with Gasteiger partial charge in [-0.15, -0.1) is 0 Å². The molecule has 9 heteroatoms. The van der Waals surface area contributed by atoms with E-state index in [2.05, 4.69) is 9.61 Å². The first-order valence-corrected chi connectivity index (χ1v) is 1.28. The van der Waals surface area contributed by atoms with Gasteiger partial charge in [-0.1, -0.05) is 0 Å². The molecule has 0 heterocycles. The number of hydrogen-bond acceptors (Lipinski definition) is 6. The summed E-state index contributed by atoms with van der Waals surface area (Å²) in [6.07, 6.45) is 0. The third-order valence-corrected chi connectivity index (χ3v) is 0.0786. The molecule has 0 saturated carbocycles. The van der Waals surface area contributed by atoms with Crippen molar-refractivity contribution in [2.45, 2.75) is 0 Å². The van der Waals surface area contributed by atoms with Gasteiger partial charge in [-0.2, -0.15) is 0 Å². The summed E-state index contributed by atoms with van der Waals surface area (Å²) >= 11 is 0. The van der Waals surface area contributed by atoms with Crippen LogP contribution < -0.4 is 10.5 Å². The van der Waals surface area contributed by atoms with Crippen molar-refractivity contribution in [3.63, 3.8) is 0 Å². The minimum Gasteiger partial charge on any atom is 2.00 e. The minimum atomic E-state index is -0.181. The van der Waals surface area contributed by atoms with Crippen LogP contribution in [0.3, 0.4) is 0 Å². The Bertz CT molecular complexity index is 47.0. The summed E-state index contributed by atoms with van der Waals surface area (Å²) in [4.78, 5) is 5.22. The summed E-state index contributed by atoms with van der Waals surface area (Å²) in [6, 6.07) is 0. The second kappa shape index (κ2) is 23.6. The topological polar surface area (TPSA) is 98.7 Å². The SMILES string of the molecule is O=BO[O-].O=BO[O-].[Ca+2]. The quantitative estimate of drug-likeness (QED) is 0.231. The molecule has 0 unspecified atom stereocenters. The molecule has 0 bridgehead atoms. The van der Waals surface area contributed by atoms with Crippen LogP contribution in [-0.2, 0) is 19.0 Å². The van der Waals surface area contributed by atoms with Crippen molar-refractivity contribution >= 4 is 52.4 Å². The molecule has 44 valence electrons. The van der Waals surface area contributed by atoms with Crippen LogP contribution in [0.15, 0.2) is 0 Å². The molecule has 9 heavy (non-hydrogen) atoms. The van der Waals surface area contributed by atoms with Gasteiger partial charge in [0.15, 0.2) is 0 Å². The predicted molar refractivity (Wildman–Crippen MR) is 20.8 cm³/mol. The summed E-state index contributed by atoms with van der Waals surface area (Å²) in [6.45, 7) is 0. The van der Waals surface area contributed by atoms with Crippen LogP contribution in [0.1, 0.15) is 0 Å². The Morgan fingerprint density at radius 1 is 1.00 bits per heavy atom. The molecule has 0 aromatic carbocycles. The zero-order valence-corrected chi connectivity index (χ0v) is 6.52. The second-order valence-electron chi connectivity index (χ2n) is 0.385. The van der Waals surface area contributed by atoms with Gasteiger partial charge >= 0.3 is 82.0 Å².